The molecule has 0 saturated heterocycles. The van der Waals surface area contributed by atoms with Crippen molar-refractivity contribution in [3.8, 4) is 0 Å². The summed E-state index contributed by atoms with van der Waals surface area (Å²) in [6, 6.07) is 4.93. The molecule has 0 fully saturated rings. The van der Waals surface area contributed by atoms with Crippen LogP contribution in [0.4, 0.5) is 0 Å². The fraction of sp³-hybridized carbons (Fsp3) is 0.182. The number of aliphatic carboxylic acids is 1. The number of hydrogen-bond donors (Lipinski definition) is 3. The summed E-state index contributed by atoms with van der Waals surface area (Å²) in [6.07, 6.45) is -0.578. The average molecular weight is 271 g/mol. The van der Waals surface area contributed by atoms with Crippen LogP contribution in [-0.2, 0) is 9.59 Å². The van der Waals surface area contributed by atoms with Gasteiger partial charge in [-0.3, -0.25) is 14.4 Å². The van der Waals surface area contributed by atoms with E-state index in [1.807, 2.05) is 0 Å². The third kappa shape index (κ3) is 3.74. The molecule has 18 heavy (non-hydrogen) atoms. The van der Waals surface area contributed by atoms with Crippen molar-refractivity contribution in [3.05, 3.63) is 34.9 Å². The third-order valence-corrected chi connectivity index (χ3v) is 2.48. The van der Waals surface area contributed by atoms with Crippen molar-refractivity contribution in [2.45, 2.75) is 12.5 Å². The van der Waals surface area contributed by atoms with Gasteiger partial charge in [0.05, 0.1) is 17.0 Å². The number of carbonyl (C=O) groups is 3. The number of nitrogens with two attached hydrogens (primary N) is 1. The Bertz CT molecular complexity index is 490. The van der Waals surface area contributed by atoms with Gasteiger partial charge in [0.15, 0.2) is 0 Å². The van der Waals surface area contributed by atoms with Gasteiger partial charge in [0, 0.05) is 0 Å². The summed E-state index contributed by atoms with van der Waals surface area (Å²) in [5.41, 5.74) is 5.15. The first-order valence-electron chi connectivity index (χ1n) is 4.98. The van der Waals surface area contributed by atoms with Crippen LogP contribution in [0, 0.1) is 0 Å². The molecule has 0 saturated carbocycles. The molecular formula is C11H11ClN2O4. The van der Waals surface area contributed by atoms with Gasteiger partial charge in [0.1, 0.15) is 6.04 Å². The maximum Gasteiger partial charge on any atom is 0.305 e. The predicted octanol–water partition coefficient (Wildman–Crippen LogP) is 0.398. The van der Waals surface area contributed by atoms with Crippen molar-refractivity contribution in [2.24, 2.45) is 5.73 Å². The second-order valence-corrected chi connectivity index (χ2v) is 3.91. The minimum Gasteiger partial charge on any atom is -0.481 e. The quantitative estimate of drug-likeness (QED) is 0.719. The summed E-state index contributed by atoms with van der Waals surface area (Å²) in [5, 5.41) is 11.0. The molecule has 7 heteroatoms. The van der Waals surface area contributed by atoms with Crippen molar-refractivity contribution < 1.29 is 19.5 Å². The lowest BCUT2D eigenvalue weighted by molar-refractivity contribution is -0.139. The lowest BCUT2D eigenvalue weighted by Gasteiger charge is -2.13. The molecule has 1 aromatic rings. The first-order chi connectivity index (χ1) is 8.41. The standard InChI is InChI=1S/C11H11ClN2O4/c12-7-4-2-1-3-6(7)11(18)14-8(10(13)17)5-9(15)16/h1-4,8H,5H2,(H2,13,17)(H,14,18)(H,15,16)/t8-/m0/s1. The summed E-state index contributed by atoms with van der Waals surface area (Å²) >= 11 is 5.79. The third-order valence-electron chi connectivity index (χ3n) is 2.15. The van der Waals surface area contributed by atoms with Crippen LogP contribution in [0.25, 0.3) is 0 Å². The van der Waals surface area contributed by atoms with E-state index in [2.05, 4.69) is 5.32 Å². The number of primary amides is 1. The molecule has 0 radical (unpaired) electrons. The first kappa shape index (κ1) is 14.0. The maximum atomic E-state index is 11.8. The molecule has 0 aliphatic carbocycles. The Balaban J connectivity index is 2.82. The van der Waals surface area contributed by atoms with Gasteiger partial charge in [0.25, 0.3) is 5.91 Å². The summed E-state index contributed by atoms with van der Waals surface area (Å²) in [7, 11) is 0. The zero-order valence-electron chi connectivity index (χ0n) is 9.22. The van der Waals surface area contributed by atoms with Crippen LogP contribution < -0.4 is 11.1 Å². The second kappa shape index (κ2) is 6.02. The molecule has 2 amide bonds. The van der Waals surface area contributed by atoms with Crippen LogP contribution >= 0.6 is 11.6 Å². The second-order valence-electron chi connectivity index (χ2n) is 3.51. The van der Waals surface area contributed by atoms with Gasteiger partial charge in [-0.05, 0) is 12.1 Å². The topological polar surface area (TPSA) is 109 Å². The number of benzene rings is 1. The van der Waals surface area contributed by atoms with Crippen molar-refractivity contribution in [2.75, 3.05) is 0 Å². The normalized spacial score (nSPS) is 11.6. The molecule has 6 nitrogen and oxygen atoms in total. The van der Waals surface area contributed by atoms with Gasteiger partial charge in [-0.25, -0.2) is 0 Å². The van der Waals surface area contributed by atoms with Crippen LogP contribution in [0.1, 0.15) is 16.8 Å². The number of amides is 2. The van der Waals surface area contributed by atoms with Gasteiger partial charge in [0.2, 0.25) is 5.91 Å². The number of hydrogen-bond acceptors (Lipinski definition) is 3. The fourth-order valence-electron chi connectivity index (χ4n) is 1.28. The van der Waals surface area contributed by atoms with Crippen LogP contribution in [0.2, 0.25) is 5.02 Å². The van der Waals surface area contributed by atoms with Crippen LogP contribution in [0.3, 0.4) is 0 Å². The van der Waals surface area contributed by atoms with E-state index >= 15 is 0 Å². The van der Waals surface area contributed by atoms with E-state index in [9.17, 15) is 14.4 Å². The summed E-state index contributed by atoms with van der Waals surface area (Å²) < 4.78 is 0. The fourth-order valence-corrected chi connectivity index (χ4v) is 1.50. The van der Waals surface area contributed by atoms with E-state index in [1.165, 1.54) is 12.1 Å². The van der Waals surface area contributed by atoms with Crippen LogP contribution in [0.15, 0.2) is 24.3 Å². The number of nitrogens with one attached hydrogen (secondary N) is 1. The monoisotopic (exact) mass is 270 g/mol. The molecule has 1 atom stereocenters. The molecule has 0 aliphatic rings. The zero-order valence-corrected chi connectivity index (χ0v) is 9.98. The lowest BCUT2D eigenvalue weighted by atomic mass is 10.1. The molecule has 96 valence electrons. The average Bonchev–Trinajstić information content (AvgIpc) is 2.27. The Hall–Kier alpha value is -2.08. The van der Waals surface area contributed by atoms with Gasteiger partial charge >= 0.3 is 5.97 Å². The van der Waals surface area contributed by atoms with E-state index < -0.39 is 30.2 Å². The van der Waals surface area contributed by atoms with Crippen LogP contribution in [0.5, 0.6) is 0 Å². The highest BCUT2D eigenvalue weighted by molar-refractivity contribution is 6.33. The number of halogens is 1. The molecule has 1 aromatic carbocycles. The van der Waals surface area contributed by atoms with E-state index in [-0.39, 0.29) is 10.6 Å². The minimum atomic E-state index is -1.27. The van der Waals surface area contributed by atoms with Crippen molar-refractivity contribution in [1.82, 2.24) is 5.32 Å². The molecule has 0 aliphatic heterocycles. The Morgan fingerprint density at radius 2 is 1.94 bits per heavy atom. The molecule has 0 bridgehead atoms. The summed E-state index contributed by atoms with van der Waals surface area (Å²) in [6.45, 7) is 0. The molecular weight excluding hydrogens is 260 g/mol. The highest BCUT2D eigenvalue weighted by Gasteiger charge is 2.22. The molecule has 0 spiro atoms. The van der Waals surface area contributed by atoms with E-state index in [0.29, 0.717) is 0 Å². The number of carboxylic acids is 1. The van der Waals surface area contributed by atoms with Gasteiger partial charge in [-0.1, -0.05) is 23.7 Å². The lowest BCUT2D eigenvalue weighted by Crippen LogP contribution is -2.45. The van der Waals surface area contributed by atoms with Gasteiger partial charge in [-0.2, -0.15) is 0 Å². The van der Waals surface area contributed by atoms with Crippen molar-refractivity contribution in [1.29, 1.82) is 0 Å². The molecule has 0 heterocycles. The Labute approximate surface area is 108 Å². The summed E-state index contributed by atoms with van der Waals surface area (Å²) in [5.74, 6) is -2.80. The predicted molar refractivity (Wildman–Crippen MR) is 64.2 cm³/mol. The number of carbonyl (C=O) groups excluding carboxylic acids is 2. The minimum absolute atomic E-state index is 0.149. The van der Waals surface area contributed by atoms with Gasteiger partial charge < -0.3 is 16.2 Å². The van der Waals surface area contributed by atoms with E-state index in [1.54, 1.807) is 12.1 Å². The van der Waals surface area contributed by atoms with Crippen molar-refractivity contribution in [3.63, 3.8) is 0 Å². The van der Waals surface area contributed by atoms with E-state index in [4.69, 9.17) is 22.4 Å². The van der Waals surface area contributed by atoms with Crippen molar-refractivity contribution >= 4 is 29.4 Å². The Morgan fingerprint density at radius 1 is 1.33 bits per heavy atom. The van der Waals surface area contributed by atoms with Gasteiger partial charge in [-0.15, -0.1) is 0 Å². The SMILES string of the molecule is NC(=O)[C@H](CC(=O)O)NC(=O)c1ccccc1Cl. The Morgan fingerprint density at radius 3 is 2.44 bits per heavy atom. The maximum absolute atomic E-state index is 11.8. The first-order valence-corrected chi connectivity index (χ1v) is 5.36. The van der Waals surface area contributed by atoms with Crippen LogP contribution in [-0.4, -0.2) is 28.9 Å². The summed E-state index contributed by atoms with van der Waals surface area (Å²) in [4.78, 5) is 33.3. The molecule has 4 N–H and O–H groups in total. The highest BCUT2D eigenvalue weighted by atomic mass is 35.5. The number of rotatable bonds is 5. The molecule has 0 aromatic heterocycles. The molecule has 0 unspecified atom stereocenters. The zero-order chi connectivity index (χ0) is 13.7. The molecule has 1 rings (SSSR count). The largest absolute Gasteiger partial charge is 0.481 e. The Kier molecular flexibility index (Phi) is 4.67. The van der Waals surface area contributed by atoms with E-state index in [0.717, 1.165) is 0 Å². The highest BCUT2D eigenvalue weighted by Crippen LogP contribution is 2.14. The number of carboxylic acid groups (broad SMARTS) is 1. The smallest absolute Gasteiger partial charge is 0.305 e.